The van der Waals surface area contributed by atoms with E-state index in [1.807, 2.05) is 0 Å². The summed E-state index contributed by atoms with van der Waals surface area (Å²) in [5.74, 6) is -0.920. The summed E-state index contributed by atoms with van der Waals surface area (Å²) >= 11 is 0. The lowest BCUT2D eigenvalue weighted by molar-refractivity contribution is -0.332. The highest BCUT2D eigenvalue weighted by Crippen LogP contribution is 2.43. The van der Waals surface area contributed by atoms with Crippen LogP contribution in [0.3, 0.4) is 0 Å². The highest BCUT2D eigenvalue weighted by molar-refractivity contribution is 5.89. The summed E-state index contributed by atoms with van der Waals surface area (Å²) in [4.78, 5) is 12.9. The van der Waals surface area contributed by atoms with E-state index in [-0.39, 0.29) is 47.2 Å². The van der Waals surface area contributed by atoms with Gasteiger partial charge < -0.3 is 63.8 Å². The molecule has 216 valence electrons. The molecule has 1 aromatic heterocycles. The fourth-order valence-electron chi connectivity index (χ4n) is 4.51. The SMILES string of the molecule is COc1c(O[C@@H]2OC[C@@H](O)[C@H](O)C2O[C@@H]2OC[C@@H](O)[C@H](O)C2O)cc2oc(-c3ccc(O)cc3)cc(=O)c2c1O. The minimum atomic E-state index is -1.71. The van der Waals surface area contributed by atoms with Crippen molar-refractivity contribution >= 4 is 11.0 Å². The number of phenolic OH excluding ortho intramolecular Hbond substituents is 2. The van der Waals surface area contributed by atoms with Gasteiger partial charge in [-0.25, -0.2) is 0 Å². The molecule has 0 amide bonds. The first-order valence-electron chi connectivity index (χ1n) is 12.2. The number of aliphatic hydroxyl groups excluding tert-OH is 5. The van der Waals surface area contributed by atoms with Gasteiger partial charge in [-0.1, -0.05) is 0 Å². The van der Waals surface area contributed by atoms with Crippen molar-refractivity contribution in [1.82, 2.24) is 0 Å². The molecule has 14 nitrogen and oxygen atoms in total. The van der Waals surface area contributed by atoms with Gasteiger partial charge in [0.05, 0.1) is 20.3 Å². The van der Waals surface area contributed by atoms with Gasteiger partial charge in [-0.3, -0.25) is 4.79 Å². The van der Waals surface area contributed by atoms with Crippen molar-refractivity contribution in [2.24, 2.45) is 0 Å². The van der Waals surface area contributed by atoms with Crippen LogP contribution in [0, 0.1) is 0 Å². The van der Waals surface area contributed by atoms with Crippen molar-refractivity contribution in [1.29, 1.82) is 0 Å². The second kappa shape index (κ2) is 11.2. The van der Waals surface area contributed by atoms with E-state index in [0.717, 1.165) is 0 Å². The van der Waals surface area contributed by atoms with Crippen LogP contribution in [0.5, 0.6) is 23.0 Å². The highest BCUT2D eigenvalue weighted by Gasteiger charge is 2.47. The number of benzene rings is 2. The Morgan fingerprint density at radius 1 is 0.850 bits per heavy atom. The van der Waals surface area contributed by atoms with Gasteiger partial charge in [0.15, 0.2) is 29.3 Å². The molecule has 2 saturated heterocycles. The molecule has 3 heterocycles. The molecule has 8 atom stereocenters. The van der Waals surface area contributed by atoms with E-state index in [4.69, 9.17) is 28.1 Å². The first-order chi connectivity index (χ1) is 19.1. The van der Waals surface area contributed by atoms with Gasteiger partial charge in [-0.2, -0.15) is 0 Å². The highest BCUT2D eigenvalue weighted by atomic mass is 16.7. The second-order valence-corrected chi connectivity index (χ2v) is 9.38. The average molecular weight is 564 g/mol. The molecule has 2 aromatic carbocycles. The van der Waals surface area contributed by atoms with Gasteiger partial charge in [0.1, 0.15) is 53.0 Å². The van der Waals surface area contributed by atoms with Gasteiger partial charge in [-0.05, 0) is 24.3 Å². The van der Waals surface area contributed by atoms with E-state index in [2.05, 4.69) is 0 Å². The van der Waals surface area contributed by atoms with E-state index in [1.165, 1.54) is 43.5 Å². The normalized spacial score (nSPS) is 30.8. The molecule has 2 aliphatic rings. The molecule has 0 spiro atoms. The maximum Gasteiger partial charge on any atom is 0.229 e. The monoisotopic (exact) mass is 564 g/mol. The maximum atomic E-state index is 12.9. The van der Waals surface area contributed by atoms with Gasteiger partial charge in [-0.15, -0.1) is 0 Å². The van der Waals surface area contributed by atoms with E-state index < -0.39 is 60.4 Å². The van der Waals surface area contributed by atoms with Crippen LogP contribution in [-0.2, 0) is 14.2 Å². The van der Waals surface area contributed by atoms with Crippen LogP contribution in [0.4, 0.5) is 0 Å². The summed E-state index contributed by atoms with van der Waals surface area (Å²) in [7, 11) is 1.22. The lowest BCUT2D eigenvalue weighted by Crippen LogP contribution is -2.61. The van der Waals surface area contributed by atoms with Crippen molar-refractivity contribution in [3.63, 3.8) is 0 Å². The van der Waals surface area contributed by atoms with Crippen LogP contribution < -0.4 is 14.9 Å². The minimum Gasteiger partial charge on any atom is -0.508 e. The number of aliphatic hydroxyl groups is 5. The fraction of sp³-hybridized carbons (Fsp3) is 0.423. The third kappa shape index (κ3) is 5.18. The topological polar surface area (TPSA) is 218 Å². The smallest absolute Gasteiger partial charge is 0.229 e. The first kappa shape index (κ1) is 28.1. The fourth-order valence-corrected chi connectivity index (χ4v) is 4.51. The Morgan fingerprint density at radius 2 is 1.50 bits per heavy atom. The van der Waals surface area contributed by atoms with Crippen LogP contribution in [0.2, 0.25) is 0 Å². The molecule has 5 rings (SSSR count). The summed E-state index contributed by atoms with van der Waals surface area (Å²) in [5, 5.41) is 71.0. The quantitative estimate of drug-likeness (QED) is 0.194. The van der Waals surface area contributed by atoms with Crippen molar-refractivity contribution in [3.05, 3.63) is 46.6 Å². The predicted octanol–water partition coefficient (Wildman–Crippen LogP) is -0.839. The molecule has 2 unspecified atom stereocenters. The number of ether oxygens (including phenoxy) is 5. The minimum absolute atomic E-state index is 0.0124. The van der Waals surface area contributed by atoms with E-state index in [1.54, 1.807) is 0 Å². The number of hydrogen-bond acceptors (Lipinski definition) is 14. The third-order valence-electron chi connectivity index (χ3n) is 6.69. The zero-order valence-electron chi connectivity index (χ0n) is 21.0. The van der Waals surface area contributed by atoms with E-state index >= 15 is 0 Å². The Morgan fingerprint density at radius 3 is 2.17 bits per heavy atom. The molecule has 2 fully saturated rings. The molecule has 2 aliphatic heterocycles. The van der Waals surface area contributed by atoms with Crippen LogP contribution in [0.25, 0.3) is 22.3 Å². The average Bonchev–Trinajstić information content (AvgIpc) is 2.92. The van der Waals surface area contributed by atoms with Gasteiger partial charge in [0.2, 0.25) is 12.0 Å². The van der Waals surface area contributed by atoms with Crippen molar-refractivity contribution in [2.45, 2.75) is 49.2 Å². The Hall–Kier alpha value is -3.47. The number of fused-ring (bicyclic) bond motifs is 1. The zero-order valence-corrected chi connectivity index (χ0v) is 21.0. The Labute approximate surface area is 225 Å². The Bertz CT molecular complexity index is 1410. The molecule has 40 heavy (non-hydrogen) atoms. The lowest BCUT2D eigenvalue weighted by Gasteiger charge is -2.42. The molecule has 0 radical (unpaired) electrons. The number of phenols is 2. The summed E-state index contributed by atoms with van der Waals surface area (Å²) in [6.07, 6.45) is -12.2. The second-order valence-electron chi connectivity index (χ2n) is 9.38. The van der Waals surface area contributed by atoms with E-state index in [0.29, 0.717) is 5.56 Å². The van der Waals surface area contributed by atoms with Gasteiger partial charge in [0, 0.05) is 17.7 Å². The molecule has 3 aromatic rings. The number of hydrogen-bond donors (Lipinski definition) is 7. The van der Waals surface area contributed by atoms with Gasteiger partial charge in [0.25, 0.3) is 0 Å². The van der Waals surface area contributed by atoms with Gasteiger partial charge >= 0.3 is 0 Å². The summed E-state index contributed by atoms with van der Waals surface area (Å²) in [6, 6.07) is 8.30. The molecule has 14 heteroatoms. The Kier molecular flexibility index (Phi) is 7.85. The molecular formula is C26H28O14. The first-order valence-corrected chi connectivity index (χ1v) is 12.2. The van der Waals surface area contributed by atoms with Crippen LogP contribution in [-0.4, -0.2) is 105 Å². The number of rotatable bonds is 6. The van der Waals surface area contributed by atoms with Crippen molar-refractivity contribution in [3.8, 4) is 34.3 Å². The van der Waals surface area contributed by atoms with Crippen molar-refractivity contribution in [2.75, 3.05) is 20.3 Å². The largest absolute Gasteiger partial charge is 0.508 e. The Balaban J connectivity index is 1.50. The molecular weight excluding hydrogens is 536 g/mol. The molecule has 7 N–H and O–H groups in total. The zero-order chi connectivity index (χ0) is 28.7. The standard InChI is InChI=1S/C26H28O14/c1-35-23-17(7-16-18(21(23)33)12(28)6-15(38-16)10-2-4-11(27)5-3-10)39-26-24(20(32)14(30)9-37-26)40-25-22(34)19(31)13(29)8-36-25/h2-7,13-14,19-20,22,24-27,29-34H,8-9H2,1H3/t13-,14-,19+,20+,22?,24?,25+,26+/m1/s1. The van der Waals surface area contributed by atoms with Crippen LogP contribution in [0.15, 0.2) is 45.6 Å². The predicted molar refractivity (Wildman–Crippen MR) is 133 cm³/mol. The molecule has 0 saturated carbocycles. The van der Waals surface area contributed by atoms with Crippen LogP contribution >= 0.6 is 0 Å². The third-order valence-corrected chi connectivity index (χ3v) is 6.69. The molecule has 0 aliphatic carbocycles. The van der Waals surface area contributed by atoms with Crippen LogP contribution in [0.1, 0.15) is 0 Å². The maximum absolute atomic E-state index is 12.9. The summed E-state index contributed by atoms with van der Waals surface area (Å²) in [6.45, 7) is -0.765. The molecule has 0 bridgehead atoms. The van der Waals surface area contributed by atoms with Crippen molar-refractivity contribution < 1.29 is 63.8 Å². The summed E-state index contributed by atoms with van der Waals surface area (Å²) < 4.78 is 33.4. The lowest BCUT2D eigenvalue weighted by atomic mass is 10.0. The summed E-state index contributed by atoms with van der Waals surface area (Å²) in [5.41, 5.74) is -0.223. The number of aromatic hydroxyl groups is 2. The number of methoxy groups -OCH3 is 1. The van der Waals surface area contributed by atoms with E-state index in [9.17, 15) is 40.5 Å².